The number of ether oxygens (including phenoxy) is 2. The van der Waals surface area contributed by atoms with Gasteiger partial charge in [-0.25, -0.2) is 0 Å². The molecule has 0 bridgehead atoms. The first-order valence-corrected chi connectivity index (χ1v) is 14.6. The van der Waals surface area contributed by atoms with Crippen LogP contribution in [0.15, 0.2) is 106 Å². The second-order valence-corrected chi connectivity index (χ2v) is 12.4. The molecule has 4 aromatic rings. The van der Waals surface area contributed by atoms with Crippen LogP contribution >= 0.6 is 31.9 Å². The fraction of sp³-hybridized carbons (Fsp3) is 0.0714. The first-order valence-electron chi connectivity index (χ1n) is 10.7. The molecule has 0 spiro atoms. The van der Waals surface area contributed by atoms with Crippen molar-refractivity contribution in [3.63, 3.8) is 0 Å². The van der Waals surface area contributed by atoms with E-state index in [0.29, 0.717) is 11.1 Å². The Hall–Kier alpha value is -2.43. The van der Waals surface area contributed by atoms with Gasteiger partial charge in [-0.15, -0.1) is 0 Å². The minimum atomic E-state index is -1.11. The zero-order chi connectivity index (χ0) is 24.6. The number of hydrogen-bond acceptors (Lipinski definition) is 4. The second kappa shape index (κ2) is 12.5. The van der Waals surface area contributed by atoms with Gasteiger partial charge in [0.05, 0.1) is 0 Å². The Labute approximate surface area is 231 Å². The van der Waals surface area contributed by atoms with Crippen molar-refractivity contribution in [1.29, 1.82) is 0 Å². The summed E-state index contributed by atoms with van der Waals surface area (Å²) in [6.45, 7) is 0.392. The van der Waals surface area contributed by atoms with Crippen molar-refractivity contribution >= 4 is 71.9 Å². The molecule has 7 heteroatoms. The van der Waals surface area contributed by atoms with Crippen LogP contribution in [0, 0.1) is 0 Å². The first-order chi connectivity index (χ1) is 17.0. The summed E-state index contributed by atoms with van der Waals surface area (Å²) in [5.41, 5.74) is 2.85. The Morgan fingerprint density at radius 2 is 1.00 bits per heavy atom. The van der Waals surface area contributed by atoms with Crippen molar-refractivity contribution in [2.24, 2.45) is 0 Å². The molecule has 0 radical (unpaired) electrons. The van der Waals surface area contributed by atoms with Gasteiger partial charge in [-0.05, 0) is 0 Å². The monoisotopic (exact) mass is 708 g/mol. The number of benzene rings is 4. The molecule has 0 aliphatic carbocycles. The fourth-order valence-corrected chi connectivity index (χ4v) is 6.84. The van der Waals surface area contributed by atoms with E-state index in [9.17, 15) is 9.59 Å². The molecule has 0 amide bonds. The SMILES string of the molecule is O=C(OCc1ccccc1)c1cc(Br)ccc1[Te]c1ccc(Br)cc1C(=O)OCc1ccccc1. The summed E-state index contributed by atoms with van der Waals surface area (Å²) in [7, 11) is 0. The molecule has 4 aromatic carbocycles. The van der Waals surface area contributed by atoms with Crippen LogP contribution in [0.25, 0.3) is 0 Å². The van der Waals surface area contributed by atoms with Gasteiger partial charge in [0.25, 0.3) is 0 Å². The molecule has 0 atom stereocenters. The molecule has 35 heavy (non-hydrogen) atoms. The first kappa shape index (κ1) is 25.7. The van der Waals surface area contributed by atoms with Gasteiger partial charge in [-0.2, -0.15) is 0 Å². The number of rotatable bonds is 8. The van der Waals surface area contributed by atoms with Gasteiger partial charge in [0.15, 0.2) is 0 Å². The van der Waals surface area contributed by atoms with Crippen LogP contribution in [0.4, 0.5) is 0 Å². The number of halogens is 2. The Morgan fingerprint density at radius 1 is 0.600 bits per heavy atom. The average Bonchev–Trinajstić information content (AvgIpc) is 2.89. The normalized spacial score (nSPS) is 10.6. The van der Waals surface area contributed by atoms with E-state index >= 15 is 0 Å². The van der Waals surface area contributed by atoms with Crippen molar-refractivity contribution in [2.75, 3.05) is 0 Å². The Morgan fingerprint density at radius 3 is 1.40 bits per heavy atom. The van der Waals surface area contributed by atoms with Crippen molar-refractivity contribution in [1.82, 2.24) is 0 Å². The molecule has 4 rings (SSSR count). The van der Waals surface area contributed by atoms with E-state index in [1.807, 2.05) is 84.9 Å². The zero-order valence-corrected chi connectivity index (χ0v) is 24.0. The van der Waals surface area contributed by atoms with Gasteiger partial charge in [-0.3, -0.25) is 0 Å². The van der Waals surface area contributed by atoms with E-state index in [0.717, 1.165) is 27.3 Å². The molecule has 0 aliphatic heterocycles. The third kappa shape index (κ3) is 7.28. The molecular weight excluding hydrogens is 688 g/mol. The Bertz CT molecular complexity index is 1220. The van der Waals surface area contributed by atoms with E-state index in [1.54, 1.807) is 12.1 Å². The second-order valence-electron chi connectivity index (χ2n) is 7.51. The standard InChI is InChI=1S/C28H20Br2O4Te/c29-21-11-13-25(23(15-21)27(31)33-17-19-7-3-1-4-8-19)35-26-14-12-22(30)16-24(26)28(32)34-18-20-9-5-2-6-10-20/h1-16H,17-18H2. The molecule has 0 saturated heterocycles. The van der Waals surface area contributed by atoms with Crippen LogP contribution in [-0.2, 0) is 22.7 Å². The van der Waals surface area contributed by atoms with Crippen LogP contribution < -0.4 is 7.22 Å². The van der Waals surface area contributed by atoms with Crippen molar-refractivity contribution in [2.45, 2.75) is 13.2 Å². The van der Waals surface area contributed by atoms with Gasteiger partial charge in [0.2, 0.25) is 0 Å². The summed E-state index contributed by atoms with van der Waals surface area (Å²) in [6.07, 6.45) is 0. The number of esters is 2. The maximum absolute atomic E-state index is 13.0. The molecular formula is C28H20Br2O4Te. The molecule has 176 valence electrons. The predicted octanol–water partition coefficient (Wildman–Crippen LogP) is 5.58. The molecule has 4 nitrogen and oxygen atoms in total. The summed E-state index contributed by atoms with van der Waals surface area (Å²) in [5.74, 6) is -0.777. The third-order valence-electron chi connectivity index (χ3n) is 4.97. The van der Waals surface area contributed by atoms with E-state index in [4.69, 9.17) is 9.47 Å². The summed E-state index contributed by atoms with van der Waals surface area (Å²) in [6, 6.07) is 30.3. The van der Waals surface area contributed by atoms with Crippen LogP contribution in [0.3, 0.4) is 0 Å². The van der Waals surface area contributed by atoms with Gasteiger partial charge in [-0.1, -0.05) is 0 Å². The maximum atomic E-state index is 13.0. The number of carbonyl (C=O) groups is 2. The van der Waals surface area contributed by atoms with E-state index < -0.39 is 20.9 Å². The molecule has 0 aliphatic rings. The van der Waals surface area contributed by atoms with Crippen LogP contribution in [-0.4, -0.2) is 32.9 Å². The van der Waals surface area contributed by atoms with Gasteiger partial charge < -0.3 is 0 Å². The summed E-state index contributed by atoms with van der Waals surface area (Å²) in [4.78, 5) is 26.0. The van der Waals surface area contributed by atoms with Gasteiger partial charge in [0, 0.05) is 0 Å². The van der Waals surface area contributed by atoms with Crippen LogP contribution in [0.1, 0.15) is 31.8 Å². The zero-order valence-electron chi connectivity index (χ0n) is 18.4. The van der Waals surface area contributed by atoms with Crippen molar-refractivity contribution in [3.8, 4) is 0 Å². The number of carbonyl (C=O) groups excluding carboxylic acids is 2. The molecule has 0 fully saturated rings. The van der Waals surface area contributed by atoms with Crippen LogP contribution in [0.5, 0.6) is 0 Å². The van der Waals surface area contributed by atoms with E-state index in [-0.39, 0.29) is 25.2 Å². The summed E-state index contributed by atoms with van der Waals surface area (Å²) in [5, 5.41) is 0. The van der Waals surface area contributed by atoms with E-state index in [2.05, 4.69) is 31.9 Å². The Balaban J connectivity index is 1.55. The molecule has 0 heterocycles. The van der Waals surface area contributed by atoms with E-state index in [1.165, 1.54) is 0 Å². The molecule has 0 N–H and O–H groups in total. The minimum absolute atomic E-state index is 0.196. The van der Waals surface area contributed by atoms with Gasteiger partial charge >= 0.3 is 232 Å². The fourth-order valence-electron chi connectivity index (χ4n) is 3.22. The van der Waals surface area contributed by atoms with Gasteiger partial charge in [0.1, 0.15) is 0 Å². The van der Waals surface area contributed by atoms with Crippen LogP contribution in [0.2, 0.25) is 0 Å². The topological polar surface area (TPSA) is 52.6 Å². The van der Waals surface area contributed by atoms with Crippen molar-refractivity contribution < 1.29 is 19.1 Å². The molecule has 0 unspecified atom stereocenters. The summed E-state index contributed by atoms with van der Waals surface area (Å²) >= 11 is 5.81. The third-order valence-corrected chi connectivity index (χ3v) is 9.24. The predicted molar refractivity (Wildman–Crippen MR) is 144 cm³/mol. The molecule has 0 aromatic heterocycles. The summed E-state index contributed by atoms with van der Waals surface area (Å²) < 4.78 is 14.5. The average molecular weight is 708 g/mol. The number of hydrogen-bond donors (Lipinski definition) is 0. The van der Waals surface area contributed by atoms with Crippen molar-refractivity contribution in [3.05, 3.63) is 128 Å². The Kier molecular flexibility index (Phi) is 9.17. The molecule has 0 saturated carbocycles. The quantitative estimate of drug-likeness (QED) is 0.177.